The molecule has 1 saturated carbocycles. The summed E-state index contributed by atoms with van der Waals surface area (Å²) in [6.45, 7) is 5.62. The second kappa shape index (κ2) is 6.02. The van der Waals surface area contributed by atoms with Crippen molar-refractivity contribution in [3.63, 3.8) is 0 Å². The average Bonchev–Trinajstić information content (AvgIpc) is 3.18. The van der Waals surface area contributed by atoms with Gasteiger partial charge in [-0.05, 0) is 32.8 Å². The Bertz CT molecular complexity index is 487. The molecule has 19 heavy (non-hydrogen) atoms. The predicted octanol–water partition coefficient (Wildman–Crippen LogP) is 1.61. The van der Waals surface area contributed by atoms with E-state index in [2.05, 4.69) is 28.1 Å². The molecule has 1 N–H and O–H groups in total. The van der Waals surface area contributed by atoms with Crippen LogP contribution < -0.4 is 5.43 Å². The van der Waals surface area contributed by atoms with E-state index in [1.165, 1.54) is 5.69 Å². The summed E-state index contributed by atoms with van der Waals surface area (Å²) in [5.74, 6) is 0.218. The van der Waals surface area contributed by atoms with E-state index in [1.54, 1.807) is 13.3 Å². The van der Waals surface area contributed by atoms with Gasteiger partial charge in [0.25, 0.3) is 0 Å². The van der Waals surface area contributed by atoms with Crippen molar-refractivity contribution in [1.29, 1.82) is 0 Å². The summed E-state index contributed by atoms with van der Waals surface area (Å²) >= 11 is 0. The summed E-state index contributed by atoms with van der Waals surface area (Å²) in [6.07, 6.45) is 3.70. The molecule has 1 amide bonds. The van der Waals surface area contributed by atoms with Crippen LogP contribution >= 0.6 is 0 Å². The fraction of sp³-hybridized carbons (Fsp3) is 0.571. The van der Waals surface area contributed by atoms with Crippen LogP contribution in [0, 0.1) is 19.8 Å². The zero-order valence-corrected chi connectivity index (χ0v) is 11.8. The van der Waals surface area contributed by atoms with Gasteiger partial charge in [-0.1, -0.05) is 0 Å². The topological polar surface area (TPSA) is 55.6 Å². The zero-order chi connectivity index (χ0) is 13.8. The SMILES string of the molecule is COCCn1c(C)cc(/C=N\NC(=O)C2CC2)c1C. The lowest BCUT2D eigenvalue weighted by Crippen LogP contribution is -2.19. The maximum absolute atomic E-state index is 11.4. The van der Waals surface area contributed by atoms with Gasteiger partial charge in [0.05, 0.1) is 12.8 Å². The van der Waals surface area contributed by atoms with E-state index in [1.807, 2.05) is 6.92 Å². The number of nitrogens with one attached hydrogen (secondary N) is 1. The number of hydrazone groups is 1. The lowest BCUT2D eigenvalue weighted by atomic mass is 10.3. The molecule has 0 spiro atoms. The maximum atomic E-state index is 11.4. The summed E-state index contributed by atoms with van der Waals surface area (Å²) in [5.41, 5.74) is 5.93. The van der Waals surface area contributed by atoms with E-state index in [0.29, 0.717) is 6.61 Å². The Hall–Kier alpha value is -1.62. The molecule has 0 unspecified atom stereocenters. The number of rotatable bonds is 6. The monoisotopic (exact) mass is 263 g/mol. The van der Waals surface area contributed by atoms with Crippen LogP contribution in [-0.4, -0.2) is 30.4 Å². The maximum Gasteiger partial charge on any atom is 0.243 e. The van der Waals surface area contributed by atoms with Gasteiger partial charge in [0.2, 0.25) is 5.91 Å². The van der Waals surface area contributed by atoms with E-state index in [4.69, 9.17) is 4.74 Å². The third-order valence-electron chi connectivity index (χ3n) is 3.46. The Labute approximate surface area is 113 Å². The molecule has 1 heterocycles. The highest BCUT2D eigenvalue weighted by Crippen LogP contribution is 2.28. The van der Waals surface area contributed by atoms with Crippen LogP contribution in [0.2, 0.25) is 0 Å². The molecule has 1 aliphatic carbocycles. The van der Waals surface area contributed by atoms with E-state index in [9.17, 15) is 4.79 Å². The quantitative estimate of drug-likeness (QED) is 0.626. The van der Waals surface area contributed by atoms with Crippen LogP contribution in [0.15, 0.2) is 11.2 Å². The molecular weight excluding hydrogens is 242 g/mol. The van der Waals surface area contributed by atoms with Crippen LogP contribution in [0.5, 0.6) is 0 Å². The smallest absolute Gasteiger partial charge is 0.243 e. The van der Waals surface area contributed by atoms with E-state index in [0.717, 1.165) is 30.6 Å². The van der Waals surface area contributed by atoms with Crippen LogP contribution in [0.3, 0.4) is 0 Å². The molecule has 0 atom stereocenters. The van der Waals surface area contributed by atoms with Crippen LogP contribution in [0.1, 0.15) is 29.8 Å². The van der Waals surface area contributed by atoms with Gasteiger partial charge in [0.15, 0.2) is 0 Å². The molecule has 0 bridgehead atoms. The number of aromatic nitrogens is 1. The Morgan fingerprint density at radius 3 is 2.95 bits per heavy atom. The van der Waals surface area contributed by atoms with Crippen molar-refractivity contribution in [1.82, 2.24) is 9.99 Å². The highest BCUT2D eigenvalue weighted by molar-refractivity contribution is 5.85. The first-order valence-electron chi connectivity index (χ1n) is 6.62. The summed E-state index contributed by atoms with van der Waals surface area (Å²) < 4.78 is 7.29. The minimum Gasteiger partial charge on any atom is -0.383 e. The van der Waals surface area contributed by atoms with E-state index < -0.39 is 0 Å². The summed E-state index contributed by atoms with van der Waals surface area (Å²) in [7, 11) is 1.70. The average molecular weight is 263 g/mol. The Kier molecular flexibility index (Phi) is 4.37. The second-order valence-electron chi connectivity index (χ2n) is 4.98. The van der Waals surface area contributed by atoms with Crippen molar-refractivity contribution < 1.29 is 9.53 Å². The summed E-state index contributed by atoms with van der Waals surface area (Å²) in [5, 5.41) is 4.03. The van der Waals surface area contributed by atoms with Gasteiger partial charge in [0.1, 0.15) is 0 Å². The minimum atomic E-state index is 0.0319. The molecule has 5 heteroatoms. The van der Waals surface area contributed by atoms with E-state index in [-0.39, 0.29) is 11.8 Å². The molecule has 5 nitrogen and oxygen atoms in total. The minimum absolute atomic E-state index is 0.0319. The first-order valence-corrected chi connectivity index (χ1v) is 6.62. The molecule has 0 aliphatic heterocycles. The number of nitrogens with zero attached hydrogens (tertiary/aromatic N) is 2. The highest BCUT2D eigenvalue weighted by Gasteiger charge is 2.29. The third-order valence-corrected chi connectivity index (χ3v) is 3.46. The number of methoxy groups -OCH3 is 1. The van der Waals surface area contributed by atoms with Crippen molar-refractivity contribution in [2.45, 2.75) is 33.2 Å². The molecule has 0 aromatic carbocycles. The summed E-state index contributed by atoms with van der Waals surface area (Å²) in [6, 6.07) is 2.07. The number of carbonyl (C=O) groups excluding carboxylic acids is 1. The normalized spacial score (nSPS) is 15.1. The molecule has 0 radical (unpaired) electrons. The van der Waals surface area contributed by atoms with Gasteiger partial charge < -0.3 is 9.30 Å². The Balaban J connectivity index is 1.99. The van der Waals surface area contributed by atoms with Gasteiger partial charge in [-0.2, -0.15) is 5.10 Å². The molecule has 1 aliphatic rings. The first kappa shape index (κ1) is 13.8. The Morgan fingerprint density at radius 2 is 2.32 bits per heavy atom. The summed E-state index contributed by atoms with van der Waals surface area (Å²) in [4.78, 5) is 11.4. The second-order valence-corrected chi connectivity index (χ2v) is 4.98. The standard InChI is InChI=1S/C14H21N3O2/c1-10-8-13(11(2)17(10)6-7-19-3)9-15-16-14(18)12-4-5-12/h8-9,12H,4-7H2,1-3H3,(H,16,18)/b15-9-. The van der Waals surface area contributed by atoms with Crippen molar-refractivity contribution in [3.05, 3.63) is 23.0 Å². The largest absolute Gasteiger partial charge is 0.383 e. The fourth-order valence-electron chi connectivity index (χ4n) is 2.09. The molecular formula is C14H21N3O2. The number of amides is 1. The molecule has 1 aromatic rings. The van der Waals surface area contributed by atoms with Gasteiger partial charge in [-0.25, -0.2) is 5.43 Å². The number of aryl methyl sites for hydroxylation is 1. The molecule has 1 aromatic heterocycles. The molecule has 104 valence electrons. The van der Waals surface area contributed by atoms with E-state index >= 15 is 0 Å². The zero-order valence-electron chi connectivity index (χ0n) is 11.8. The van der Waals surface area contributed by atoms with Gasteiger partial charge >= 0.3 is 0 Å². The number of hydrogen-bond donors (Lipinski definition) is 1. The van der Waals surface area contributed by atoms with Gasteiger partial charge in [-0.15, -0.1) is 0 Å². The predicted molar refractivity (Wildman–Crippen MR) is 74.2 cm³/mol. The van der Waals surface area contributed by atoms with Gasteiger partial charge in [-0.3, -0.25) is 4.79 Å². The molecule has 2 rings (SSSR count). The van der Waals surface area contributed by atoms with Crippen molar-refractivity contribution in [2.75, 3.05) is 13.7 Å². The third kappa shape index (κ3) is 3.44. The lowest BCUT2D eigenvalue weighted by Gasteiger charge is -2.08. The van der Waals surface area contributed by atoms with Crippen molar-refractivity contribution in [2.24, 2.45) is 11.0 Å². The molecule has 1 fully saturated rings. The van der Waals surface area contributed by atoms with Crippen LogP contribution in [0.25, 0.3) is 0 Å². The van der Waals surface area contributed by atoms with Gasteiger partial charge in [0, 0.05) is 36.5 Å². The van der Waals surface area contributed by atoms with Crippen LogP contribution in [0.4, 0.5) is 0 Å². The van der Waals surface area contributed by atoms with Crippen LogP contribution in [-0.2, 0) is 16.1 Å². The molecule has 0 saturated heterocycles. The Morgan fingerprint density at radius 1 is 1.58 bits per heavy atom. The number of ether oxygens (including phenoxy) is 1. The van der Waals surface area contributed by atoms with Crippen molar-refractivity contribution >= 4 is 12.1 Å². The number of hydrogen-bond acceptors (Lipinski definition) is 3. The number of carbonyl (C=O) groups is 1. The van der Waals surface area contributed by atoms with Crippen molar-refractivity contribution in [3.8, 4) is 0 Å². The highest BCUT2D eigenvalue weighted by atomic mass is 16.5. The lowest BCUT2D eigenvalue weighted by molar-refractivity contribution is -0.122. The first-order chi connectivity index (χ1) is 9.13. The fourth-order valence-corrected chi connectivity index (χ4v) is 2.09.